The summed E-state index contributed by atoms with van der Waals surface area (Å²) >= 11 is 0. The molecule has 0 aliphatic carbocycles. The van der Waals surface area contributed by atoms with Crippen molar-refractivity contribution in [2.24, 2.45) is 5.41 Å². The summed E-state index contributed by atoms with van der Waals surface area (Å²) in [5.74, 6) is -0.184. The fourth-order valence-electron chi connectivity index (χ4n) is 3.89. The highest BCUT2D eigenvalue weighted by atomic mass is 19.1. The fourth-order valence-corrected chi connectivity index (χ4v) is 3.89. The number of fused-ring (bicyclic) bond motifs is 1. The molecule has 0 bridgehead atoms. The van der Waals surface area contributed by atoms with Crippen molar-refractivity contribution >= 4 is 5.91 Å². The van der Waals surface area contributed by atoms with E-state index >= 15 is 0 Å². The molecule has 0 saturated carbocycles. The smallest absolute Gasteiger partial charge is 0.227 e. The maximum Gasteiger partial charge on any atom is 0.227 e. The van der Waals surface area contributed by atoms with Gasteiger partial charge in [0.1, 0.15) is 5.82 Å². The van der Waals surface area contributed by atoms with Crippen LogP contribution in [0.1, 0.15) is 24.8 Å². The van der Waals surface area contributed by atoms with Gasteiger partial charge < -0.3 is 14.4 Å². The molecule has 1 amide bonds. The first-order valence-electron chi connectivity index (χ1n) is 8.26. The van der Waals surface area contributed by atoms with Gasteiger partial charge in [-0.15, -0.1) is 0 Å². The molecule has 2 unspecified atom stereocenters. The molecule has 2 aliphatic heterocycles. The second-order valence-electron chi connectivity index (χ2n) is 6.67. The third kappa shape index (κ3) is 3.56. The number of carbonyl (C=O) groups is 1. The lowest BCUT2D eigenvalue weighted by atomic mass is 9.73. The van der Waals surface area contributed by atoms with E-state index in [0.29, 0.717) is 19.6 Å². The molecule has 126 valence electrons. The lowest BCUT2D eigenvalue weighted by Gasteiger charge is -2.50. The van der Waals surface area contributed by atoms with Gasteiger partial charge in [-0.3, -0.25) is 4.79 Å². The van der Waals surface area contributed by atoms with Crippen molar-refractivity contribution in [2.75, 3.05) is 33.4 Å². The highest BCUT2D eigenvalue weighted by molar-refractivity contribution is 5.79. The van der Waals surface area contributed by atoms with E-state index in [9.17, 15) is 9.18 Å². The zero-order valence-electron chi connectivity index (χ0n) is 13.6. The van der Waals surface area contributed by atoms with Gasteiger partial charge in [-0.25, -0.2) is 4.39 Å². The van der Waals surface area contributed by atoms with Crippen LogP contribution in [0.4, 0.5) is 4.39 Å². The van der Waals surface area contributed by atoms with E-state index in [0.717, 1.165) is 38.0 Å². The van der Waals surface area contributed by atoms with Crippen LogP contribution in [-0.4, -0.2) is 50.3 Å². The Kier molecular flexibility index (Phi) is 4.97. The maximum absolute atomic E-state index is 13.0. The van der Waals surface area contributed by atoms with Crippen LogP contribution in [0.2, 0.25) is 0 Å². The number of ether oxygens (including phenoxy) is 2. The normalized spacial score (nSPS) is 27.6. The van der Waals surface area contributed by atoms with Crippen molar-refractivity contribution in [1.82, 2.24) is 4.90 Å². The third-order valence-corrected chi connectivity index (χ3v) is 5.04. The number of hydrogen-bond acceptors (Lipinski definition) is 3. The Morgan fingerprint density at radius 2 is 2.22 bits per heavy atom. The van der Waals surface area contributed by atoms with Gasteiger partial charge in [0.15, 0.2) is 0 Å². The molecule has 2 atom stereocenters. The van der Waals surface area contributed by atoms with E-state index in [2.05, 4.69) is 0 Å². The number of benzene rings is 1. The minimum atomic E-state index is -0.277. The highest BCUT2D eigenvalue weighted by Gasteiger charge is 2.46. The summed E-state index contributed by atoms with van der Waals surface area (Å²) in [6, 6.07) is 6.15. The number of nitrogens with zero attached hydrogens (tertiary/aromatic N) is 1. The van der Waals surface area contributed by atoms with Gasteiger partial charge in [0.25, 0.3) is 0 Å². The monoisotopic (exact) mass is 321 g/mol. The number of likely N-dealkylation sites (tertiary alicyclic amines) is 1. The molecule has 3 rings (SSSR count). The molecule has 0 aromatic heterocycles. The van der Waals surface area contributed by atoms with E-state index in [4.69, 9.17) is 9.47 Å². The summed E-state index contributed by atoms with van der Waals surface area (Å²) in [4.78, 5) is 14.5. The summed E-state index contributed by atoms with van der Waals surface area (Å²) in [5.41, 5.74) is 0.767. The van der Waals surface area contributed by atoms with Gasteiger partial charge in [0, 0.05) is 32.2 Å². The molecular weight excluding hydrogens is 297 g/mol. The van der Waals surface area contributed by atoms with Gasteiger partial charge in [0.05, 0.1) is 19.1 Å². The van der Waals surface area contributed by atoms with Crippen LogP contribution < -0.4 is 0 Å². The van der Waals surface area contributed by atoms with Gasteiger partial charge >= 0.3 is 0 Å². The van der Waals surface area contributed by atoms with Crippen LogP contribution in [-0.2, 0) is 20.7 Å². The van der Waals surface area contributed by atoms with Crippen molar-refractivity contribution in [3.8, 4) is 0 Å². The minimum Gasteiger partial charge on any atom is -0.384 e. The first kappa shape index (κ1) is 16.4. The van der Waals surface area contributed by atoms with Crippen LogP contribution in [0.3, 0.4) is 0 Å². The van der Waals surface area contributed by atoms with E-state index in [1.807, 2.05) is 4.90 Å². The Labute approximate surface area is 136 Å². The molecule has 0 radical (unpaired) electrons. The maximum atomic E-state index is 13.0. The van der Waals surface area contributed by atoms with Gasteiger partial charge in [0.2, 0.25) is 5.91 Å². The lowest BCUT2D eigenvalue weighted by molar-refractivity contribution is -0.161. The zero-order valence-corrected chi connectivity index (χ0v) is 13.6. The summed E-state index contributed by atoms with van der Waals surface area (Å²) in [6.07, 6.45) is 3.41. The van der Waals surface area contributed by atoms with Gasteiger partial charge in [-0.1, -0.05) is 12.1 Å². The molecular formula is C18H24FNO3. The largest absolute Gasteiger partial charge is 0.384 e. The number of hydrogen-bond donors (Lipinski definition) is 0. The number of rotatable bonds is 4. The predicted octanol–water partition coefficient (Wildman–Crippen LogP) is 2.41. The van der Waals surface area contributed by atoms with E-state index in [-0.39, 0.29) is 23.2 Å². The van der Waals surface area contributed by atoms with Crippen LogP contribution in [0, 0.1) is 11.2 Å². The summed E-state index contributed by atoms with van der Waals surface area (Å²) in [6.45, 7) is 2.83. The standard InChI is InChI=1S/C18H24FNO3/c1-22-13-18-8-2-10-23-16(18)7-9-20(12-18)17(21)11-14-3-5-15(19)6-4-14/h3-6,16H,2,7-13H2,1H3. The molecule has 1 aromatic carbocycles. The van der Waals surface area contributed by atoms with Crippen LogP contribution in [0.15, 0.2) is 24.3 Å². The summed E-state index contributed by atoms with van der Waals surface area (Å²) in [5, 5.41) is 0. The number of carbonyl (C=O) groups excluding carboxylic acids is 1. The average molecular weight is 321 g/mol. The average Bonchev–Trinajstić information content (AvgIpc) is 2.56. The molecule has 0 spiro atoms. The predicted molar refractivity (Wildman–Crippen MR) is 84.6 cm³/mol. The second kappa shape index (κ2) is 6.97. The Morgan fingerprint density at radius 3 is 2.96 bits per heavy atom. The van der Waals surface area contributed by atoms with Crippen LogP contribution >= 0.6 is 0 Å². The van der Waals surface area contributed by atoms with Crippen molar-refractivity contribution < 1.29 is 18.7 Å². The zero-order chi connectivity index (χ0) is 16.3. The Morgan fingerprint density at radius 1 is 1.43 bits per heavy atom. The minimum absolute atomic E-state index is 0.0797. The molecule has 2 aliphatic rings. The molecule has 2 saturated heterocycles. The Bertz CT molecular complexity index is 544. The second-order valence-corrected chi connectivity index (χ2v) is 6.67. The van der Waals surface area contributed by atoms with E-state index in [1.165, 1.54) is 12.1 Å². The molecule has 23 heavy (non-hydrogen) atoms. The summed E-state index contributed by atoms with van der Waals surface area (Å²) in [7, 11) is 1.71. The number of piperidine rings is 1. The third-order valence-electron chi connectivity index (χ3n) is 5.04. The summed E-state index contributed by atoms with van der Waals surface area (Å²) < 4.78 is 24.4. The topological polar surface area (TPSA) is 38.8 Å². The van der Waals surface area contributed by atoms with E-state index < -0.39 is 0 Å². The first-order chi connectivity index (χ1) is 11.1. The molecule has 4 nitrogen and oxygen atoms in total. The van der Waals surface area contributed by atoms with Crippen molar-refractivity contribution in [3.63, 3.8) is 0 Å². The quantitative estimate of drug-likeness (QED) is 0.855. The Balaban J connectivity index is 1.68. The number of halogens is 1. The number of amides is 1. The van der Waals surface area contributed by atoms with Crippen molar-refractivity contribution in [2.45, 2.75) is 31.8 Å². The van der Waals surface area contributed by atoms with Crippen molar-refractivity contribution in [3.05, 3.63) is 35.6 Å². The molecule has 0 N–H and O–H groups in total. The molecule has 5 heteroatoms. The fraction of sp³-hybridized carbons (Fsp3) is 0.611. The molecule has 1 aromatic rings. The van der Waals surface area contributed by atoms with Crippen molar-refractivity contribution in [1.29, 1.82) is 0 Å². The lowest BCUT2D eigenvalue weighted by Crippen LogP contribution is -2.58. The Hall–Kier alpha value is -1.46. The highest BCUT2D eigenvalue weighted by Crippen LogP contribution is 2.40. The number of methoxy groups -OCH3 is 1. The first-order valence-corrected chi connectivity index (χ1v) is 8.26. The van der Waals surface area contributed by atoms with Gasteiger partial charge in [-0.05, 0) is 37.0 Å². The van der Waals surface area contributed by atoms with E-state index in [1.54, 1.807) is 19.2 Å². The van der Waals surface area contributed by atoms with Gasteiger partial charge in [-0.2, -0.15) is 0 Å². The van der Waals surface area contributed by atoms with Crippen LogP contribution in [0.25, 0.3) is 0 Å². The molecule has 2 heterocycles. The molecule has 2 fully saturated rings. The SMILES string of the molecule is COCC12CCCOC1CCN(C(=O)Cc1ccc(F)cc1)C2. The van der Waals surface area contributed by atoms with Crippen LogP contribution in [0.5, 0.6) is 0 Å².